The molecular formula is C14H16BrNO2. The Kier molecular flexibility index (Phi) is 4.42. The van der Waals surface area contributed by atoms with Gasteiger partial charge in [0, 0.05) is 17.6 Å². The van der Waals surface area contributed by atoms with Gasteiger partial charge in [-0.25, -0.2) is 4.79 Å². The summed E-state index contributed by atoms with van der Waals surface area (Å²) in [4.78, 5) is 12.3. The second-order valence-corrected chi connectivity index (χ2v) is 5.43. The van der Waals surface area contributed by atoms with Crippen molar-refractivity contribution in [3.63, 3.8) is 0 Å². The van der Waals surface area contributed by atoms with Gasteiger partial charge in [-0.2, -0.15) is 0 Å². The molecule has 4 heteroatoms. The van der Waals surface area contributed by atoms with Gasteiger partial charge in [-0.3, -0.25) is 0 Å². The SMILES string of the molecule is O=C(O)N1CCC(/C=C/c2ccc(Br)cc2)CC1. The van der Waals surface area contributed by atoms with E-state index in [4.69, 9.17) is 5.11 Å². The number of amides is 1. The number of rotatable bonds is 2. The Hall–Kier alpha value is -1.29. The lowest BCUT2D eigenvalue weighted by atomic mass is 9.96. The Labute approximate surface area is 115 Å². The van der Waals surface area contributed by atoms with Crippen molar-refractivity contribution in [2.45, 2.75) is 12.8 Å². The predicted octanol–water partition coefficient (Wildman–Crippen LogP) is 3.85. The van der Waals surface area contributed by atoms with E-state index in [0.717, 1.165) is 17.3 Å². The Morgan fingerprint density at radius 2 is 1.89 bits per heavy atom. The van der Waals surface area contributed by atoms with Gasteiger partial charge in [0.05, 0.1) is 0 Å². The van der Waals surface area contributed by atoms with Crippen LogP contribution in [0.25, 0.3) is 6.08 Å². The molecule has 3 nitrogen and oxygen atoms in total. The molecule has 0 radical (unpaired) electrons. The molecule has 1 N–H and O–H groups in total. The van der Waals surface area contributed by atoms with Gasteiger partial charge in [0.1, 0.15) is 0 Å². The average Bonchev–Trinajstić information content (AvgIpc) is 2.38. The molecular weight excluding hydrogens is 294 g/mol. The van der Waals surface area contributed by atoms with Gasteiger partial charge in [0.2, 0.25) is 0 Å². The molecule has 96 valence electrons. The molecule has 1 aromatic rings. The number of piperidine rings is 1. The molecule has 0 saturated carbocycles. The van der Waals surface area contributed by atoms with Crippen LogP contribution in [0, 0.1) is 5.92 Å². The van der Waals surface area contributed by atoms with Crippen molar-refractivity contribution < 1.29 is 9.90 Å². The molecule has 0 unspecified atom stereocenters. The van der Waals surface area contributed by atoms with Crippen molar-refractivity contribution in [1.82, 2.24) is 4.90 Å². The van der Waals surface area contributed by atoms with Crippen LogP contribution < -0.4 is 0 Å². The van der Waals surface area contributed by atoms with Crippen LogP contribution in [0.2, 0.25) is 0 Å². The van der Waals surface area contributed by atoms with Crippen molar-refractivity contribution >= 4 is 28.1 Å². The van der Waals surface area contributed by atoms with Crippen molar-refractivity contribution in [1.29, 1.82) is 0 Å². The summed E-state index contributed by atoms with van der Waals surface area (Å²) >= 11 is 3.41. The van der Waals surface area contributed by atoms with E-state index in [1.807, 2.05) is 12.1 Å². The number of benzene rings is 1. The largest absolute Gasteiger partial charge is 0.465 e. The van der Waals surface area contributed by atoms with E-state index in [1.54, 1.807) is 0 Å². The number of halogens is 1. The van der Waals surface area contributed by atoms with Gasteiger partial charge in [-0.15, -0.1) is 0 Å². The van der Waals surface area contributed by atoms with Gasteiger partial charge in [0.25, 0.3) is 0 Å². The van der Waals surface area contributed by atoms with E-state index >= 15 is 0 Å². The zero-order valence-corrected chi connectivity index (χ0v) is 11.6. The number of allylic oxidation sites excluding steroid dienone is 1. The van der Waals surface area contributed by atoms with Crippen LogP contribution in [0.5, 0.6) is 0 Å². The summed E-state index contributed by atoms with van der Waals surface area (Å²) in [7, 11) is 0. The number of likely N-dealkylation sites (tertiary alicyclic amines) is 1. The zero-order valence-electron chi connectivity index (χ0n) is 10.1. The monoisotopic (exact) mass is 309 g/mol. The first kappa shape index (κ1) is 13.1. The molecule has 0 aliphatic carbocycles. The Morgan fingerprint density at radius 3 is 2.44 bits per heavy atom. The highest BCUT2D eigenvalue weighted by Crippen LogP contribution is 2.20. The van der Waals surface area contributed by atoms with Gasteiger partial charge >= 0.3 is 6.09 Å². The predicted molar refractivity (Wildman–Crippen MR) is 75.5 cm³/mol. The fraction of sp³-hybridized carbons (Fsp3) is 0.357. The fourth-order valence-corrected chi connectivity index (χ4v) is 2.37. The highest BCUT2D eigenvalue weighted by atomic mass is 79.9. The highest BCUT2D eigenvalue weighted by Gasteiger charge is 2.20. The summed E-state index contributed by atoms with van der Waals surface area (Å²) < 4.78 is 1.08. The van der Waals surface area contributed by atoms with Crippen molar-refractivity contribution in [2.75, 3.05) is 13.1 Å². The van der Waals surface area contributed by atoms with Crippen LogP contribution in [-0.4, -0.2) is 29.2 Å². The minimum absolute atomic E-state index is 0.490. The first-order chi connectivity index (χ1) is 8.65. The molecule has 2 rings (SSSR count). The normalized spacial score (nSPS) is 17.3. The topological polar surface area (TPSA) is 40.5 Å². The molecule has 1 aromatic carbocycles. The number of hydrogen-bond donors (Lipinski definition) is 1. The maximum Gasteiger partial charge on any atom is 0.407 e. The quantitative estimate of drug-likeness (QED) is 0.901. The zero-order chi connectivity index (χ0) is 13.0. The van der Waals surface area contributed by atoms with Crippen LogP contribution in [-0.2, 0) is 0 Å². The van der Waals surface area contributed by atoms with Crippen molar-refractivity contribution in [3.05, 3.63) is 40.4 Å². The molecule has 1 aliphatic heterocycles. The standard InChI is InChI=1S/C14H16BrNO2/c15-13-5-3-11(4-6-13)1-2-12-7-9-16(10-8-12)14(17)18/h1-6,12H,7-10H2,(H,17,18)/b2-1+. The van der Waals surface area contributed by atoms with Crippen molar-refractivity contribution in [3.8, 4) is 0 Å². The second kappa shape index (κ2) is 6.05. The summed E-state index contributed by atoms with van der Waals surface area (Å²) in [6.07, 6.45) is 5.35. The van der Waals surface area contributed by atoms with Gasteiger partial charge < -0.3 is 10.0 Å². The van der Waals surface area contributed by atoms with E-state index < -0.39 is 6.09 Å². The summed E-state index contributed by atoms with van der Waals surface area (Å²) in [5.74, 6) is 0.490. The average molecular weight is 310 g/mol. The second-order valence-electron chi connectivity index (χ2n) is 4.52. The van der Waals surface area contributed by atoms with E-state index in [0.29, 0.717) is 19.0 Å². The molecule has 1 saturated heterocycles. The highest BCUT2D eigenvalue weighted by molar-refractivity contribution is 9.10. The van der Waals surface area contributed by atoms with Crippen LogP contribution in [0.15, 0.2) is 34.8 Å². The summed E-state index contributed by atoms with van der Waals surface area (Å²) in [5, 5.41) is 8.86. The van der Waals surface area contributed by atoms with E-state index in [2.05, 4.69) is 40.2 Å². The third-order valence-electron chi connectivity index (χ3n) is 3.24. The van der Waals surface area contributed by atoms with Gasteiger partial charge in [-0.05, 0) is 36.5 Å². The van der Waals surface area contributed by atoms with Crippen LogP contribution in [0.3, 0.4) is 0 Å². The first-order valence-corrected chi connectivity index (χ1v) is 6.86. The molecule has 0 aromatic heterocycles. The first-order valence-electron chi connectivity index (χ1n) is 6.07. The summed E-state index contributed by atoms with van der Waals surface area (Å²) in [6, 6.07) is 8.17. The molecule has 1 aliphatic rings. The molecule has 0 atom stereocenters. The minimum atomic E-state index is -0.801. The Morgan fingerprint density at radius 1 is 1.28 bits per heavy atom. The third kappa shape index (κ3) is 3.60. The fourth-order valence-electron chi connectivity index (χ4n) is 2.10. The van der Waals surface area contributed by atoms with Gasteiger partial charge in [-0.1, -0.05) is 40.2 Å². The van der Waals surface area contributed by atoms with Gasteiger partial charge in [0.15, 0.2) is 0 Å². The molecule has 1 fully saturated rings. The Bertz CT molecular complexity index is 434. The van der Waals surface area contributed by atoms with Crippen LogP contribution in [0.4, 0.5) is 4.79 Å². The molecule has 18 heavy (non-hydrogen) atoms. The maximum atomic E-state index is 10.8. The molecule has 1 amide bonds. The Balaban J connectivity index is 1.87. The lowest BCUT2D eigenvalue weighted by molar-refractivity contribution is 0.129. The third-order valence-corrected chi connectivity index (χ3v) is 3.77. The minimum Gasteiger partial charge on any atom is -0.465 e. The number of nitrogens with zero attached hydrogens (tertiary/aromatic N) is 1. The smallest absolute Gasteiger partial charge is 0.407 e. The lowest BCUT2D eigenvalue weighted by Gasteiger charge is -2.28. The molecule has 0 spiro atoms. The van der Waals surface area contributed by atoms with Crippen LogP contribution in [0.1, 0.15) is 18.4 Å². The lowest BCUT2D eigenvalue weighted by Crippen LogP contribution is -2.36. The van der Waals surface area contributed by atoms with E-state index in [-0.39, 0.29) is 0 Å². The summed E-state index contributed by atoms with van der Waals surface area (Å²) in [5.41, 5.74) is 1.18. The number of carboxylic acid groups (broad SMARTS) is 1. The number of hydrogen-bond acceptors (Lipinski definition) is 1. The van der Waals surface area contributed by atoms with Crippen LogP contribution >= 0.6 is 15.9 Å². The molecule has 1 heterocycles. The summed E-state index contributed by atoms with van der Waals surface area (Å²) in [6.45, 7) is 1.29. The van der Waals surface area contributed by atoms with Crippen molar-refractivity contribution in [2.24, 2.45) is 5.92 Å². The maximum absolute atomic E-state index is 10.8. The van der Waals surface area contributed by atoms with E-state index in [1.165, 1.54) is 10.5 Å². The van der Waals surface area contributed by atoms with E-state index in [9.17, 15) is 4.79 Å². The molecule has 0 bridgehead atoms. The number of carbonyl (C=O) groups is 1.